The van der Waals surface area contributed by atoms with Gasteiger partial charge in [0.15, 0.2) is 0 Å². The Balaban J connectivity index is 3.38. The van der Waals surface area contributed by atoms with Crippen molar-refractivity contribution in [3.63, 3.8) is 0 Å². The Morgan fingerprint density at radius 1 is 0.329 bits per heavy atom. The second-order valence-electron chi connectivity index (χ2n) is 22.2. The molecule has 2 atom stereocenters. The van der Waals surface area contributed by atoms with Crippen molar-refractivity contribution < 1.29 is 15.0 Å². The average Bonchev–Trinajstić information content (AvgIpc) is 3.36. The van der Waals surface area contributed by atoms with Gasteiger partial charge in [0, 0.05) is 6.42 Å². The number of carbonyl (C=O) groups is 1. The average molecular weight is 983 g/mol. The third kappa shape index (κ3) is 57.5. The molecule has 0 spiro atoms. The summed E-state index contributed by atoms with van der Waals surface area (Å²) in [5, 5.41) is 23.1. The third-order valence-electron chi connectivity index (χ3n) is 15.1. The van der Waals surface area contributed by atoms with Crippen LogP contribution in [-0.2, 0) is 4.79 Å². The minimum atomic E-state index is -0.860. The van der Waals surface area contributed by atoms with E-state index in [1.165, 1.54) is 308 Å². The standard InChI is InChI=1S/C66H127NO3/c1-3-5-7-9-11-13-15-17-19-21-22-23-24-25-26-27-28-29-30-31-32-33-34-35-36-37-38-39-40-41-42-43-44-46-48-50-52-54-56-58-60-62-66(70)67-64(63-68)65(69)61-59-57-55-53-51-49-47-45-20-18-16-14-12-10-8-6-4-2/h21-22,51,53,59,61,64-65,68-69H,3-20,23-50,52,54-58,60,62-63H2,1-2H3,(H,67,70)/b22-21-,53-51+,61-59+. The summed E-state index contributed by atoms with van der Waals surface area (Å²) in [6.45, 7) is 4.33. The Labute approximate surface area is 440 Å². The van der Waals surface area contributed by atoms with E-state index in [2.05, 4.69) is 43.5 Å². The summed E-state index contributed by atoms with van der Waals surface area (Å²) in [7, 11) is 0. The lowest BCUT2D eigenvalue weighted by Crippen LogP contribution is -2.45. The lowest BCUT2D eigenvalue weighted by molar-refractivity contribution is -0.123. The van der Waals surface area contributed by atoms with Gasteiger partial charge in [0.2, 0.25) is 5.91 Å². The number of hydrogen-bond acceptors (Lipinski definition) is 3. The van der Waals surface area contributed by atoms with Crippen molar-refractivity contribution in [2.75, 3.05) is 6.61 Å². The highest BCUT2D eigenvalue weighted by Gasteiger charge is 2.18. The third-order valence-corrected chi connectivity index (χ3v) is 15.1. The van der Waals surface area contributed by atoms with Gasteiger partial charge in [-0.15, -0.1) is 0 Å². The quantitative estimate of drug-likeness (QED) is 0.0420. The fourth-order valence-electron chi connectivity index (χ4n) is 10.2. The lowest BCUT2D eigenvalue weighted by atomic mass is 10.0. The highest BCUT2D eigenvalue weighted by molar-refractivity contribution is 5.76. The van der Waals surface area contributed by atoms with Crippen LogP contribution in [0.25, 0.3) is 0 Å². The minimum absolute atomic E-state index is 0.0670. The molecule has 0 fully saturated rings. The van der Waals surface area contributed by atoms with Gasteiger partial charge in [0.25, 0.3) is 0 Å². The Morgan fingerprint density at radius 2 is 0.557 bits per heavy atom. The molecule has 0 aromatic carbocycles. The van der Waals surface area contributed by atoms with E-state index < -0.39 is 12.1 Å². The molecule has 4 nitrogen and oxygen atoms in total. The van der Waals surface area contributed by atoms with Gasteiger partial charge in [-0.25, -0.2) is 0 Å². The molecule has 1 amide bonds. The molecule has 0 aliphatic rings. The zero-order chi connectivity index (χ0) is 50.6. The first-order valence-corrected chi connectivity index (χ1v) is 32.2. The van der Waals surface area contributed by atoms with Gasteiger partial charge in [-0.2, -0.15) is 0 Å². The van der Waals surface area contributed by atoms with E-state index in [4.69, 9.17) is 0 Å². The maximum absolute atomic E-state index is 12.5. The van der Waals surface area contributed by atoms with Crippen molar-refractivity contribution in [1.29, 1.82) is 0 Å². The number of unbranched alkanes of at least 4 members (excludes halogenated alkanes) is 49. The monoisotopic (exact) mass is 982 g/mol. The van der Waals surface area contributed by atoms with E-state index in [-0.39, 0.29) is 12.5 Å². The van der Waals surface area contributed by atoms with Crippen LogP contribution in [0, 0.1) is 0 Å². The van der Waals surface area contributed by atoms with Crippen LogP contribution in [0.5, 0.6) is 0 Å². The summed E-state index contributed by atoms with van der Waals surface area (Å²) in [6.07, 6.45) is 85.1. The van der Waals surface area contributed by atoms with Gasteiger partial charge >= 0.3 is 0 Å². The molecule has 0 bridgehead atoms. The molecule has 3 N–H and O–H groups in total. The summed E-state index contributed by atoms with van der Waals surface area (Å²) >= 11 is 0. The predicted molar refractivity (Wildman–Crippen MR) is 313 cm³/mol. The number of aliphatic hydroxyl groups excluding tert-OH is 2. The van der Waals surface area contributed by atoms with Crippen molar-refractivity contribution in [1.82, 2.24) is 5.32 Å². The zero-order valence-corrected chi connectivity index (χ0v) is 47.8. The molecule has 0 aliphatic carbocycles. The Hall–Kier alpha value is -1.39. The van der Waals surface area contributed by atoms with E-state index >= 15 is 0 Å². The maximum Gasteiger partial charge on any atom is 0.220 e. The normalized spacial score (nSPS) is 12.9. The predicted octanol–water partition coefficient (Wildman–Crippen LogP) is 21.6. The second-order valence-corrected chi connectivity index (χ2v) is 22.2. The molecule has 0 aromatic rings. The second kappa shape index (κ2) is 61.9. The summed E-state index contributed by atoms with van der Waals surface area (Å²) in [4.78, 5) is 12.5. The maximum atomic E-state index is 12.5. The van der Waals surface area contributed by atoms with E-state index in [1.54, 1.807) is 6.08 Å². The zero-order valence-electron chi connectivity index (χ0n) is 47.8. The summed E-state index contributed by atoms with van der Waals surface area (Å²) in [5.41, 5.74) is 0. The lowest BCUT2D eigenvalue weighted by Gasteiger charge is -2.19. The van der Waals surface area contributed by atoms with Crippen molar-refractivity contribution in [2.45, 2.75) is 373 Å². The summed E-state index contributed by atoms with van der Waals surface area (Å²) < 4.78 is 0. The molecule has 0 aromatic heterocycles. The molecular formula is C66H127NO3. The van der Waals surface area contributed by atoms with E-state index in [9.17, 15) is 15.0 Å². The van der Waals surface area contributed by atoms with E-state index in [1.807, 2.05) is 6.08 Å². The minimum Gasteiger partial charge on any atom is -0.394 e. The van der Waals surface area contributed by atoms with Crippen LogP contribution in [0.2, 0.25) is 0 Å². The molecular weight excluding hydrogens is 855 g/mol. The largest absolute Gasteiger partial charge is 0.394 e. The van der Waals surface area contributed by atoms with Gasteiger partial charge in [0.05, 0.1) is 18.8 Å². The van der Waals surface area contributed by atoms with Crippen LogP contribution in [0.3, 0.4) is 0 Å². The molecule has 0 aliphatic heterocycles. The Morgan fingerprint density at radius 3 is 0.829 bits per heavy atom. The molecule has 4 heteroatoms. The molecule has 0 saturated heterocycles. The van der Waals surface area contributed by atoms with Crippen molar-refractivity contribution in [3.8, 4) is 0 Å². The van der Waals surface area contributed by atoms with Gasteiger partial charge in [-0.3, -0.25) is 4.79 Å². The first-order valence-electron chi connectivity index (χ1n) is 32.2. The number of hydrogen-bond donors (Lipinski definition) is 3. The molecule has 0 rings (SSSR count). The number of amides is 1. The van der Waals surface area contributed by atoms with Crippen LogP contribution in [0.4, 0.5) is 0 Å². The van der Waals surface area contributed by atoms with Gasteiger partial charge in [-0.05, 0) is 57.8 Å². The van der Waals surface area contributed by atoms with Crippen LogP contribution in [0.15, 0.2) is 36.5 Å². The molecule has 414 valence electrons. The molecule has 2 unspecified atom stereocenters. The highest BCUT2D eigenvalue weighted by Crippen LogP contribution is 2.18. The molecule has 0 heterocycles. The number of carbonyl (C=O) groups excluding carboxylic acids is 1. The number of allylic oxidation sites excluding steroid dienone is 5. The summed E-state index contributed by atoms with van der Waals surface area (Å²) in [5.74, 6) is -0.0670. The first kappa shape index (κ1) is 68.6. The number of nitrogens with one attached hydrogen (secondary N) is 1. The van der Waals surface area contributed by atoms with Crippen LogP contribution in [0.1, 0.15) is 361 Å². The fourth-order valence-corrected chi connectivity index (χ4v) is 10.2. The van der Waals surface area contributed by atoms with Crippen molar-refractivity contribution in [2.24, 2.45) is 0 Å². The fraction of sp³-hybridized carbons (Fsp3) is 0.894. The van der Waals surface area contributed by atoms with Crippen molar-refractivity contribution in [3.05, 3.63) is 36.5 Å². The Bertz CT molecular complexity index is 1070. The SMILES string of the molecule is CCCCCCCCCC/C=C\CCCCCCCCCCCCCCCCCCCCCCCCCCCCCCCC(=O)NC(CO)C(O)/C=C/CC/C=C/CCCCCCCCCCCCC. The van der Waals surface area contributed by atoms with Crippen LogP contribution in [-0.4, -0.2) is 34.9 Å². The summed E-state index contributed by atoms with van der Waals surface area (Å²) in [6, 6.07) is -0.637. The van der Waals surface area contributed by atoms with Gasteiger partial charge in [0.1, 0.15) is 0 Å². The van der Waals surface area contributed by atoms with Crippen molar-refractivity contribution >= 4 is 5.91 Å². The number of rotatable bonds is 60. The molecule has 70 heavy (non-hydrogen) atoms. The first-order chi connectivity index (χ1) is 34.7. The van der Waals surface area contributed by atoms with E-state index in [0.717, 1.165) is 32.1 Å². The Kier molecular flexibility index (Phi) is 60.7. The number of aliphatic hydroxyl groups is 2. The smallest absolute Gasteiger partial charge is 0.220 e. The van der Waals surface area contributed by atoms with Gasteiger partial charge in [-0.1, -0.05) is 333 Å². The molecule has 0 radical (unpaired) electrons. The van der Waals surface area contributed by atoms with Crippen LogP contribution < -0.4 is 5.32 Å². The topological polar surface area (TPSA) is 69.6 Å². The van der Waals surface area contributed by atoms with E-state index in [0.29, 0.717) is 6.42 Å². The van der Waals surface area contributed by atoms with Gasteiger partial charge < -0.3 is 15.5 Å². The molecule has 0 saturated carbocycles. The van der Waals surface area contributed by atoms with Crippen LogP contribution >= 0.6 is 0 Å². The highest BCUT2D eigenvalue weighted by atomic mass is 16.3.